The SMILES string of the molecule is CCN(CCN(C)C)C(=O)c1cc(NC(=O)CC(F)(F)F)c(OC)c(OC)c1. The summed E-state index contributed by atoms with van der Waals surface area (Å²) in [5.41, 5.74) is 0.101. The number of carbonyl (C=O) groups is 2. The van der Waals surface area contributed by atoms with Crippen molar-refractivity contribution in [3.8, 4) is 11.5 Å². The van der Waals surface area contributed by atoms with E-state index in [1.54, 1.807) is 4.90 Å². The molecular weight excluding hydrogens is 379 g/mol. The predicted octanol–water partition coefficient (Wildman–Crippen LogP) is 2.62. The van der Waals surface area contributed by atoms with Gasteiger partial charge in [0.1, 0.15) is 6.42 Å². The van der Waals surface area contributed by atoms with Crippen LogP contribution in [0.5, 0.6) is 11.5 Å². The Morgan fingerprint density at radius 1 is 1.11 bits per heavy atom. The first kappa shape index (κ1) is 23.5. The van der Waals surface area contributed by atoms with Crippen LogP contribution in [0.1, 0.15) is 23.7 Å². The molecule has 10 heteroatoms. The highest BCUT2D eigenvalue weighted by molar-refractivity contribution is 5.99. The maximum Gasteiger partial charge on any atom is 0.397 e. The minimum absolute atomic E-state index is 0.0333. The van der Waals surface area contributed by atoms with Crippen LogP contribution in [-0.2, 0) is 4.79 Å². The monoisotopic (exact) mass is 405 g/mol. The van der Waals surface area contributed by atoms with Crippen LogP contribution in [0.3, 0.4) is 0 Å². The molecule has 1 N–H and O–H groups in total. The number of methoxy groups -OCH3 is 2. The summed E-state index contributed by atoms with van der Waals surface area (Å²) in [5.74, 6) is -1.45. The number of amides is 2. The third-order valence-electron chi connectivity index (χ3n) is 3.85. The Labute approximate surface area is 162 Å². The van der Waals surface area contributed by atoms with Gasteiger partial charge >= 0.3 is 6.18 Å². The van der Waals surface area contributed by atoms with Gasteiger partial charge in [0.25, 0.3) is 5.91 Å². The van der Waals surface area contributed by atoms with Crippen molar-refractivity contribution in [2.45, 2.75) is 19.5 Å². The fourth-order valence-electron chi connectivity index (χ4n) is 2.46. The first-order chi connectivity index (χ1) is 13.0. The lowest BCUT2D eigenvalue weighted by atomic mass is 10.1. The van der Waals surface area contributed by atoms with Gasteiger partial charge < -0.3 is 24.6 Å². The number of anilines is 1. The number of hydrogen-bond donors (Lipinski definition) is 1. The molecule has 158 valence electrons. The van der Waals surface area contributed by atoms with E-state index in [1.165, 1.54) is 26.4 Å². The van der Waals surface area contributed by atoms with Crippen LogP contribution in [-0.4, -0.2) is 75.7 Å². The molecule has 0 aliphatic carbocycles. The molecule has 28 heavy (non-hydrogen) atoms. The molecule has 1 aromatic rings. The van der Waals surface area contributed by atoms with E-state index in [1.807, 2.05) is 25.9 Å². The van der Waals surface area contributed by atoms with Crippen LogP contribution in [0.15, 0.2) is 12.1 Å². The highest BCUT2D eigenvalue weighted by atomic mass is 19.4. The molecule has 0 heterocycles. The number of ether oxygens (including phenoxy) is 2. The number of likely N-dealkylation sites (N-methyl/N-ethyl adjacent to an activating group) is 2. The van der Waals surface area contributed by atoms with Crippen LogP contribution in [0.25, 0.3) is 0 Å². The molecule has 0 unspecified atom stereocenters. The summed E-state index contributed by atoms with van der Waals surface area (Å²) in [5, 5.41) is 2.15. The van der Waals surface area contributed by atoms with E-state index in [9.17, 15) is 22.8 Å². The van der Waals surface area contributed by atoms with Gasteiger partial charge in [0, 0.05) is 25.2 Å². The van der Waals surface area contributed by atoms with Crippen molar-refractivity contribution in [1.29, 1.82) is 0 Å². The van der Waals surface area contributed by atoms with Gasteiger partial charge in [0.15, 0.2) is 11.5 Å². The first-order valence-corrected chi connectivity index (χ1v) is 8.59. The summed E-state index contributed by atoms with van der Waals surface area (Å²) in [6.07, 6.45) is -6.30. The van der Waals surface area contributed by atoms with Gasteiger partial charge in [-0.25, -0.2) is 0 Å². The first-order valence-electron chi connectivity index (χ1n) is 8.59. The molecule has 0 aliphatic rings. The fourth-order valence-corrected chi connectivity index (χ4v) is 2.46. The van der Waals surface area contributed by atoms with E-state index in [-0.39, 0.29) is 28.7 Å². The Hall–Kier alpha value is -2.49. The van der Waals surface area contributed by atoms with Crippen molar-refractivity contribution >= 4 is 17.5 Å². The molecule has 2 amide bonds. The van der Waals surface area contributed by atoms with Gasteiger partial charge in [-0.3, -0.25) is 9.59 Å². The zero-order chi connectivity index (χ0) is 21.5. The molecule has 0 saturated carbocycles. The number of nitrogens with zero attached hydrogens (tertiary/aromatic N) is 2. The summed E-state index contributed by atoms with van der Waals surface area (Å²) in [7, 11) is 6.37. The number of benzene rings is 1. The Balaban J connectivity index is 3.23. The van der Waals surface area contributed by atoms with Crippen LogP contribution < -0.4 is 14.8 Å². The zero-order valence-electron chi connectivity index (χ0n) is 16.6. The minimum atomic E-state index is -4.65. The molecule has 0 atom stereocenters. The Bertz CT molecular complexity index is 693. The average molecular weight is 405 g/mol. The lowest BCUT2D eigenvalue weighted by Gasteiger charge is -2.24. The number of halogens is 3. The molecule has 1 aromatic carbocycles. The summed E-state index contributed by atoms with van der Waals surface area (Å²) in [6.45, 7) is 3.37. The number of rotatable bonds is 9. The summed E-state index contributed by atoms with van der Waals surface area (Å²) < 4.78 is 47.7. The number of nitrogens with one attached hydrogen (secondary N) is 1. The quantitative estimate of drug-likeness (QED) is 0.684. The molecule has 0 aliphatic heterocycles. The molecule has 0 spiro atoms. The summed E-state index contributed by atoms with van der Waals surface area (Å²) >= 11 is 0. The van der Waals surface area contributed by atoms with Crippen molar-refractivity contribution in [2.75, 3.05) is 53.3 Å². The smallest absolute Gasteiger partial charge is 0.397 e. The van der Waals surface area contributed by atoms with Gasteiger partial charge in [-0.1, -0.05) is 0 Å². The molecule has 0 saturated heterocycles. The van der Waals surface area contributed by atoms with Gasteiger partial charge in [0.05, 0.1) is 19.9 Å². The molecule has 7 nitrogen and oxygen atoms in total. The standard InChI is InChI=1S/C18H26F3N3O4/c1-6-24(8-7-23(2)3)17(26)12-9-13(16(28-5)14(10-12)27-4)22-15(25)11-18(19,20)21/h9-10H,6-8,11H2,1-5H3,(H,22,25). The van der Waals surface area contributed by atoms with Gasteiger partial charge in [-0.2, -0.15) is 13.2 Å². The highest BCUT2D eigenvalue weighted by Gasteiger charge is 2.32. The van der Waals surface area contributed by atoms with Crippen LogP contribution in [0.2, 0.25) is 0 Å². The third-order valence-corrected chi connectivity index (χ3v) is 3.85. The molecule has 0 fully saturated rings. The van der Waals surface area contributed by atoms with Crippen LogP contribution in [0.4, 0.5) is 18.9 Å². The van der Waals surface area contributed by atoms with Gasteiger partial charge in [-0.15, -0.1) is 0 Å². The number of carbonyl (C=O) groups excluding carboxylic acids is 2. The predicted molar refractivity (Wildman–Crippen MR) is 99.0 cm³/mol. The number of hydrogen-bond acceptors (Lipinski definition) is 5. The Morgan fingerprint density at radius 2 is 1.75 bits per heavy atom. The topological polar surface area (TPSA) is 71.1 Å². The van der Waals surface area contributed by atoms with Crippen molar-refractivity contribution in [1.82, 2.24) is 9.80 Å². The van der Waals surface area contributed by atoms with E-state index in [0.717, 1.165) is 0 Å². The lowest BCUT2D eigenvalue weighted by Crippen LogP contribution is -2.36. The lowest BCUT2D eigenvalue weighted by molar-refractivity contribution is -0.150. The molecule has 0 aromatic heterocycles. The minimum Gasteiger partial charge on any atom is -0.493 e. The van der Waals surface area contributed by atoms with E-state index < -0.39 is 18.5 Å². The summed E-state index contributed by atoms with van der Waals surface area (Å²) in [4.78, 5) is 28.1. The average Bonchev–Trinajstić information content (AvgIpc) is 2.59. The van der Waals surface area contributed by atoms with Crippen molar-refractivity contribution in [3.63, 3.8) is 0 Å². The van der Waals surface area contributed by atoms with E-state index in [0.29, 0.717) is 19.6 Å². The molecule has 0 radical (unpaired) electrons. The zero-order valence-corrected chi connectivity index (χ0v) is 16.6. The maximum atomic E-state index is 12.8. The number of alkyl halides is 3. The van der Waals surface area contributed by atoms with Crippen LogP contribution >= 0.6 is 0 Å². The second-order valence-corrected chi connectivity index (χ2v) is 6.29. The Kier molecular flexibility index (Phi) is 8.55. The van der Waals surface area contributed by atoms with Crippen molar-refractivity contribution in [2.24, 2.45) is 0 Å². The largest absolute Gasteiger partial charge is 0.493 e. The maximum absolute atomic E-state index is 12.8. The Morgan fingerprint density at radius 3 is 2.21 bits per heavy atom. The second kappa shape index (κ2) is 10.2. The third kappa shape index (κ3) is 6.91. The van der Waals surface area contributed by atoms with Crippen LogP contribution in [0, 0.1) is 0 Å². The van der Waals surface area contributed by atoms with E-state index >= 15 is 0 Å². The molecule has 0 bridgehead atoms. The van der Waals surface area contributed by atoms with Gasteiger partial charge in [-0.05, 0) is 33.2 Å². The molecule has 1 rings (SSSR count). The normalized spacial score (nSPS) is 11.3. The second-order valence-electron chi connectivity index (χ2n) is 6.29. The fraction of sp³-hybridized carbons (Fsp3) is 0.556. The molecular formula is C18H26F3N3O4. The van der Waals surface area contributed by atoms with Gasteiger partial charge in [0.2, 0.25) is 5.91 Å². The van der Waals surface area contributed by atoms with Crippen molar-refractivity contribution < 1.29 is 32.2 Å². The van der Waals surface area contributed by atoms with E-state index in [2.05, 4.69) is 5.32 Å². The van der Waals surface area contributed by atoms with E-state index in [4.69, 9.17) is 9.47 Å². The summed E-state index contributed by atoms with van der Waals surface area (Å²) in [6, 6.07) is 2.72. The van der Waals surface area contributed by atoms with Crippen molar-refractivity contribution in [3.05, 3.63) is 17.7 Å². The highest BCUT2D eigenvalue weighted by Crippen LogP contribution is 2.37.